The summed E-state index contributed by atoms with van der Waals surface area (Å²) < 4.78 is 1.91. The molecule has 15 heavy (non-hydrogen) atoms. The molecule has 0 aliphatic carbocycles. The Bertz CT molecular complexity index is 118. The van der Waals surface area contributed by atoms with Crippen molar-refractivity contribution in [1.29, 1.82) is 0 Å². The van der Waals surface area contributed by atoms with E-state index in [0.717, 1.165) is 6.54 Å². The van der Waals surface area contributed by atoms with Gasteiger partial charge in [0.05, 0.1) is 0 Å². The van der Waals surface area contributed by atoms with E-state index in [4.69, 9.17) is 0 Å². The standard InChI is InChI=1S/C12H25Br2N/c1-2-3-4-5-6-7-8-9-10-11-12-15(13)14/h2-12H2,1H3. The van der Waals surface area contributed by atoms with E-state index < -0.39 is 0 Å². The van der Waals surface area contributed by atoms with Gasteiger partial charge in [0.25, 0.3) is 0 Å². The summed E-state index contributed by atoms with van der Waals surface area (Å²) in [6.45, 7) is 3.37. The van der Waals surface area contributed by atoms with Crippen LogP contribution >= 0.6 is 32.3 Å². The molecule has 0 saturated carbocycles. The Morgan fingerprint density at radius 2 is 1.07 bits per heavy atom. The number of unbranched alkanes of at least 4 members (excludes halogenated alkanes) is 9. The quantitative estimate of drug-likeness (QED) is 0.337. The van der Waals surface area contributed by atoms with Crippen LogP contribution in [0, 0.1) is 0 Å². The number of halogens is 2. The predicted octanol–water partition coefficient (Wildman–Crippen LogP) is 5.83. The van der Waals surface area contributed by atoms with Crippen LogP contribution in [0.5, 0.6) is 0 Å². The van der Waals surface area contributed by atoms with Crippen LogP contribution < -0.4 is 0 Å². The molecule has 92 valence electrons. The molecule has 0 saturated heterocycles. The molecule has 0 fully saturated rings. The van der Waals surface area contributed by atoms with Gasteiger partial charge in [-0.1, -0.05) is 64.7 Å². The van der Waals surface area contributed by atoms with Crippen LogP contribution in [-0.4, -0.2) is 9.50 Å². The molecule has 0 amide bonds. The second-order valence-electron chi connectivity index (χ2n) is 4.21. The van der Waals surface area contributed by atoms with Gasteiger partial charge < -0.3 is 0 Å². The molecule has 0 N–H and O–H groups in total. The Morgan fingerprint density at radius 3 is 1.47 bits per heavy atom. The molecule has 0 aromatic rings. The fourth-order valence-corrected chi connectivity index (χ4v) is 2.22. The third-order valence-electron chi connectivity index (χ3n) is 2.68. The Morgan fingerprint density at radius 1 is 0.667 bits per heavy atom. The summed E-state index contributed by atoms with van der Waals surface area (Å²) in [4.78, 5) is 0. The third-order valence-corrected chi connectivity index (χ3v) is 3.39. The smallest absolute Gasteiger partial charge is 0.0239 e. The Kier molecular flexibility index (Phi) is 13.8. The average Bonchev–Trinajstić information content (AvgIpc) is 2.20. The molecule has 0 radical (unpaired) electrons. The van der Waals surface area contributed by atoms with Gasteiger partial charge in [0.1, 0.15) is 0 Å². The lowest BCUT2D eigenvalue weighted by atomic mass is 10.1. The minimum atomic E-state index is 1.09. The first-order valence-corrected chi connectivity index (χ1v) is 7.78. The summed E-state index contributed by atoms with van der Waals surface area (Å²) in [6, 6.07) is 0. The topological polar surface area (TPSA) is 3.24 Å². The summed E-state index contributed by atoms with van der Waals surface area (Å²) in [5.41, 5.74) is 0. The van der Waals surface area contributed by atoms with Crippen molar-refractivity contribution >= 4 is 32.3 Å². The van der Waals surface area contributed by atoms with Crippen LogP contribution in [0.4, 0.5) is 0 Å². The zero-order chi connectivity index (χ0) is 11.4. The molecule has 0 rings (SSSR count). The van der Waals surface area contributed by atoms with E-state index in [1.807, 2.05) is 2.95 Å². The van der Waals surface area contributed by atoms with E-state index in [1.165, 1.54) is 64.2 Å². The first-order valence-electron chi connectivity index (χ1n) is 6.36. The van der Waals surface area contributed by atoms with Crippen LogP contribution in [0.25, 0.3) is 0 Å². The van der Waals surface area contributed by atoms with Crippen LogP contribution in [0.15, 0.2) is 0 Å². The highest BCUT2D eigenvalue weighted by Crippen LogP contribution is 2.12. The normalized spacial score (nSPS) is 11.2. The van der Waals surface area contributed by atoms with Gasteiger partial charge in [0.2, 0.25) is 0 Å². The molecule has 0 bridgehead atoms. The predicted molar refractivity (Wildman–Crippen MR) is 76.4 cm³/mol. The first kappa shape index (κ1) is 15.9. The third kappa shape index (κ3) is 14.9. The van der Waals surface area contributed by atoms with Crippen LogP contribution in [-0.2, 0) is 0 Å². The highest BCUT2D eigenvalue weighted by atomic mass is 79.9. The van der Waals surface area contributed by atoms with E-state index in [2.05, 4.69) is 39.2 Å². The largest absolute Gasteiger partial charge is 0.178 e. The van der Waals surface area contributed by atoms with Gasteiger partial charge in [-0.05, 0) is 6.42 Å². The van der Waals surface area contributed by atoms with E-state index in [9.17, 15) is 0 Å². The van der Waals surface area contributed by atoms with Crippen molar-refractivity contribution < 1.29 is 0 Å². The monoisotopic (exact) mass is 341 g/mol. The van der Waals surface area contributed by atoms with Crippen LogP contribution in [0.1, 0.15) is 71.1 Å². The maximum absolute atomic E-state index is 3.34. The summed E-state index contributed by atoms with van der Waals surface area (Å²) in [5, 5.41) is 0. The molecule has 3 heteroatoms. The number of hydrogen-bond acceptors (Lipinski definition) is 1. The van der Waals surface area contributed by atoms with E-state index in [0.29, 0.717) is 0 Å². The maximum atomic E-state index is 3.34. The Labute approximate surface area is 113 Å². The Hall–Kier alpha value is 0.920. The zero-order valence-corrected chi connectivity index (χ0v) is 13.2. The van der Waals surface area contributed by atoms with Crippen molar-refractivity contribution in [1.82, 2.24) is 2.95 Å². The van der Waals surface area contributed by atoms with E-state index >= 15 is 0 Å². The number of nitrogens with zero attached hydrogens (tertiary/aromatic N) is 1. The molecule has 0 unspecified atom stereocenters. The van der Waals surface area contributed by atoms with Crippen molar-refractivity contribution in [3.05, 3.63) is 0 Å². The molecule has 0 spiro atoms. The van der Waals surface area contributed by atoms with Gasteiger partial charge >= 0.3 is 0 Å². The summed E-state index contributed by atoms with van der Waals surface area (Å²) in [6.07, 6.45) is 14.0. The first-order chi connectivity index (χ1) is 7.27. The minimum Gasteiger partial charge on any atom is -0.178 e. The maximum Gasteiger partial charge on any atom is 0.0239 e. The molecular formula is C12H25Br2N. The fraction of sp³-hybridized carbons (Fsp3) is 1.00. The number of rotatable bonds is 11. The lowest BCUT2D eigenvalue weighted by Gasteiger charge is -2.04. The number of hydrogen-bond donors (Lipinski definition) is 0. The molecule has 0 heterocycles. The highest BCUT2D eigenvalue weighted by molar-refractivity contribution is 9.21. The van der Waals surface area contributed by atoms with Crippen molar-refractivity contribution in [2.45, 2.75) is 71.1 Å². The fourth-order valence-electron chi connectivity index (χ4n) is 1.72. The lowest BCUT2D eigenvalue weighted by Crippen LogP contribution is -1.97. The lowest BCUT2D eigenvalue weighted by molar-refractivity contribution is 0.547. The van der Waals surface area contributed by atoms with Crippen molar-refractivity contribution in [2.75, 3.05) is 6.54 Å². The van der Waals surface area contributed by atoms with Crippen LogP contribution in [0.3, 0.4) is 0 Å². The minimum absolute atomic E-state index is 1.09. The molecular weight excluding hydrogens is 318 g/mol. The van der Waals surface area contributed by atoms with Crippen LogP contribution in [0.2, 0.25) is 0 Å². The second kappa shape index (κ2) is 13.0. The van der Waals surface area contributed by atoms with Gasteiger partial charge in [-0.2, -0.15) is 2.95 Å². The van der Waals surface area contributed by atoms with Gasteiger partial charge in [-0.15, -0.1) is 0 Å². The van der Waals surface area contributed by atoms with Crippen molar-refractivity contribution in [2.24, 2.45) is 0 Å². The zero-order valence-electron chi connectivity index (χ0n) is 9.98. The summed E-state index contributed by atoms with van der Waals surface area (Å²) >= 11 is 6.68. The molecule has 0 aromatic heterocycles. The van der Waals surface area contributed by atoms with Gasteiger partial charge in [-0.25, -0.2) is 0 Å². The summed E-state index contributed by atoms with van der Waals surface area (Å²) in [5.74, 6) is 0. The Balaban J connectivity index is 2.87. The summed E-state index contributed by atoms with van der Waals surface area (Å²) in [7, 11) is 0. The van der Waals surface area contributed by atoms with Crippen molar-refractivity contribution in [3.63, 3.8) is 0 Å². The van der Waals surface area contributed by atoms with Gasteiger partial charge in [0.15, 0.2) is 0 Å². The molecule has 0 aliphatic rings. The SMILES string of the molecule is CCCCCCCCCCCCN(Br)Br. The molecule has 1 nitrogen and oxygen atoms in total. The molecule has 0 atom stereocenters. The molecule has 0 aromatic carbocycles. The second-order valence-corrected chi connectivity index (χ2v) is 6.87. The van der Waals surface area contributed by atoms with Crippen molar-refractivity contribution in [3.8, 4) is 0 Å². The van der Waals surface area contributed by atoms with E-state index in [1.54, 1.807) is 0 Å². The van der Waals surface area contributed by atoms with Gasteiger partial charge in [0, 0.05) is 38.8 Å². The van der Waals surface area contributed by atoms with E-state index in [-0.39, 0.29) is 0 Å². The van der Waals surface area contributed by atoms with Gasteiger partial charge in [-0.3, -0.25) is 0 Å². The average molecular weight is 343 g/mol. The highest BCUT2D eigenvalue weighted by Gasteiger charge is 1.95. The molecule has 0 aliphatic heterocycles.